The third-order valence-corrected chi connectivity index (χ3v) is 0.604. The molecule has 0 atom stereocenters. The minimum atomic E-state index is 0. The zero-order valence-corrected chi connectivity index (χ0v) is 7.33. The van der Waals surface area contributed by atoms with E-state index < -0.39 is 0 Å². The SMILES string of the molecule is [CH2-]CCNCC.[Na+]. The summed E-state index contributed by atoms with van der Waals surface area (Å²) in [7, 11) is 0. The minimum absolute atomic E-state index is 0. The molecule has 2 heteroatoms. The summed E-state index contributed by atoms with van der Waals surface area (Å²) in [5.74, 6) is 0. The van der Waals surface area contributed by atoms with Crippen LogP contribution in [-0.4, -0.2) is 13.1 Å². The molecule has 0 spiro atoms. The van der Waals surface area contributed by atoms with Crippen LogP contribution in [0.4, 0.5) is 0 Å². The van der Waals surface area contributed by atoms with Gasteiger partial charge in [-0.15, -0.1) is 0 Å². The quantitative estimate of drug-likeness (QED) is 0.247. The maximum Gasteiger partial charge on any atom is 1.00 e. The summed E-state index contributed by atoms with van der Waals surface area (Å²) in [6.45, 7) is 7.87. The fourth-order valence-corrected chi connectivity index (χ4v) is 0.302. The zero-order valence-electron chi connectivity index (χ0n) is 5.33. The Hall–Kier alpha value is 0.960. The molecule has 0 rings (SSSR count). The van der Waals surface area contributed by atoms with E-state index in [9.17, 15) is 0 Å². The van der Waals surface area contributed by atoms with Crippen LogP contribution < -0.4 is 34.9 Å². The van der Waals surface area contributed by atoms with Gasteiger partial charge in [-0.05, 0) is 13.1 Å². The fraction of sp³-hybridized carbons (Fsp3) is 0.800. The molecule has 0 aromatic carbocycles. The van der Waals surface area contributed by atoms with Crippen molar-refractivity contribution in [2.75, 3.05) is 13.1 Å². The van der Waals surface area contributed by atoms with E-state index in [1.807, 2.05) is 0 Å². The monoisotopic (exact) mass is 109 g/mol. The van der Waals surface area contributed by atoms with Gasteiger partial charge >= 0.3 is 29.6 Å². The van der Waals surface area contributed by atoms with Gasteiger partial charge in [0.05, 0.1) is 0 Å². The van der Waals surface area contributed by atoms with Crippen LogP contribution in [0.3, 0.4) is 0 Å². The Bertz CT molecular complexity index is 20.0. The Morgan fingerprint density at radius 3 is 2.29 bits per heavy atom. The van der Waals surface area contributed by atoms with Gasteiger partial charge in [0.15, 0.2) is 0 Å². The Kier molecular flexibility index (Phi) is 15.6. The van der Waals surface area contributed by atoms with Crippen molar-refractivity contribution in [2.24, 2.45) is 0 Å². The van der Waals surface area contributed by atoms with Gasteiger partial charge in [0.25, 0.3) is 0 Å². The summed E-state index contributed by atoms with van der Waals surface area (Å²) in [5.41, 5.74) is 0. The van der Waals surface area contributed by atoms with Crippen molar-refractivity contribution in [3.8, 4) is 0 Å². The minimum Gasteiger partial charge on any atom is -0.342 e. The van der Waals surface area contributed by atoms with Crippen molar-refractivity contribution >= 4 is 0 Å². The number of hydrogen-bond donors (Lipinski definition) is 1. The Morgan fingerprint density at radius 1 is 1.57 bits per heavy atom. The van der Waals surface area contributed by atoms with E-state index >= 15 is 0 Å². The summed E-state index contributed by atoms with van der Waals surface area (Å²) < 4.78 is 0. The molecule has 0 aliphatic heterocycles. The van der Waals surface area contributed by atoms with Gasteiger partial charge in [-0.3, -0.25) is 0 Å². The van der Waals surface area contributed by atoms with Gasteiger partial charge in [-0.2, -0.15) is 6.42 Å². The molecule has 0 aromatic rings. The molecule has 0 bridgehead atoms. The van der Waals surface area contributed by atoms with Crippen molar-refractivity contribution in [1.82, 2.24) is 5.32 Å². The predicted octanol–water partition coefficient (Wildman–Crippen LogP) is -2.18. The Labute approximate surface area is 68.2 Å². The summed E-state index contributed by atoms with van der Waals surface area (Å²) in [4.78, 5) is 0. The second kappa shape index (κ2) is 10.0. The first kappa shape index (κ1) is 10.9. The maximum absolute atomic E-state index is 3.66. The zero-order chi connectivity index (χ0) is 4.83. The average Bonchev–Trinajstić information content (AvgIpc) is 1.61. The molecule has 0 radical (unpaired) electrons. The molecular weight excluding hydrogens is 97.1 g/mol. The fourth-order valence-electron chi connectivity index (χ4n) is 0.302. The third kappa shape index (κ3) is 10.9. The van der Waals surface area contributed by atoms with Gasteiger partial charge in [0, 0.05) is 0 Å². The number of hydrogen-bond acceptors (Lipinski definition) is 1. The topological polar surface area (TPSA) is 12.0 Å². The van der Waals surface area contributed by atoms with Crippen LogP contribution in [0.5, 0.6) is 0 Å². The molecule has 38 valence electrons. The average molecular weight is 109 g/mol. The van der Waals surface area contributed by atoms with Crippen LogP contribution in [-0.2, 0) is 0 Å². The molecule has 7 heavy (non-hydrogen) atoms. The van der Waals surface area contributed by atoms with E-state index in [1.165, 1.54) is 0 Å². The molecule has 0 saturated heterocycles. The Morgan fingerprint density at radius 2 is 2.14 bits per heavy atom. The summed E-state index contributed by atoms with van der Waals surface area (Å²) in [6, 6.07) is 0. The first-order chi connectivity index (χ1) is 2.91. The number of rotatable bonds is 3. The molecule has 0 aromatic heterocycles. The molecule has 0 heterocycles. The largest absolute Gasteiger partial charge is 1.00 e. The predicted molar refractivity (Wildman–Crippen MR) is 28.5 cm³/mol. The number of nitrogens with one attached hydrogen (secondary N) is 1. The first-order valence-corrected chi connectivity index (χ1v) is 2.41. The maximum atomic E-state index is 3.66. The van der Waals surface area contributed by atoms with Crippen molar-refractivity contribution in [3.63, 3.8) is 0 Å². The van der Waals surface area contributed by atoms with E-state index in [4.69, 9.17) is 0 Å². The smallest absolute Gasteiger partial charge is 0.342 e. The van der Waals surface area contributed by atoms with E-state index in [2.05, 4.69) is 19.2 Å². The summed E-state index contributed by atoms with van der Waals surface area (Å²) in [5, 5.41) is 3.14. The molecule has 1 nitrogen and oxygen atoms in total. The van der Waals surface area contributed by atoms with E-state index in [0.717, 1.165) is 19.5 Å². The standard InChI is InChI=1S/C5H12N.Na/c1-3-5-6-4-2;/h6H,1,3-5H2,2H3;/q-1;+1. The van der Waals surface area contributed by atoms with Crippen molar-refractivity contribution in [3.05, 3.63) is 6.92 Å². The van der Waals surface area contributed by atoms with E-state index in [-0.39, 0.29) is 29.6 Å². The van der Waals surface area contributed by atoms with E-state index in [0.29, 0.717) is 0 Å². The molecule has 0 fully saturated rings. The van der Waals surface area contributed by atoms with Crippen LogP contribution in [0.25, 0.3) is 0 Å². The van der Waals surface area contributed by atoms with Crippen LogP contribution in [0.1, 0.15) is 13.3 Å². The molecule has 0 aliphatic rings. The van der Waals surface area contributed by atoms with Gasteiger partial charge in [-0.25, -0.2) is 0 Å². The summed E-state index contributed by atoms with van der Waals surface area (Å²) in [6.07, 6.45) is 0.994. The van der Waals surface area contributed by atoms with Crippen molar-refractivity contribution < 1.29 is 29.6 Å². The van der Waals surface area contributed by atoms with Crippen LogP contribution in [0, 0.1) is 6.92 Å². The van der Waals surface area contributed by atoms with Crippen LogP contribution >= 0.6 is 0 Å². The Balaban J connectivity index is 0. The van der Waals surface area contributed by atoms with Crippen molar-refractivity contribution in [1.29, 1.82) is 0 Å². The normalized spacial score (nSPS) is 7.71. The van der Waals surface area contributed by atoms with Crippen LogP contribution in [0.15, 0.2) is 0 Å². The molecule has 0 saturated carbocycles. The molecule has 0 amide bonds. The first-order valence-electron chi connectivity index (χ1n) is 2.41. The van der Waals surface area contributed by atoms with Gasteiger partial charge < -0.3 is 12.2 Å². The molecule has 0 unspecified atom stereocenters. The van der Waals surface area contributed by atoms with Gasteiger partial charge in [-0.1, -0.05) is 6.92 Å². The third-order valence-electron chi connectivity index (χ3n) is 0.604. The van der Waals surface area contributed by atoms with Crippen molar-refractivity contribution in [2.45, 2.75) is 13.3 Å². The second-order valence-corrected chi connectivity index (χ2v) is 1.21. The van der Waals surface area contributed by atoms with E-state index in [1.54, 1.807) is 0 Å². The van der Waals surface area contributed by atoms with Crippen LogP contribution in [0.2, 0.25) is 0 Å². The molecular formula is C5H12NNa. The summed E-state index contributed by atoms with van der Waals surface area (Å²) >= 11 is 0. The molecule has 1 N–H and O–H groups in total. The molecule has 0 aliphatic carbocycles. The van der Waals surface area contributed by atoms with Gasteiger partial charge in [0.1, 0.15) is 0 Å². The van der Waals surface area contributed by atoms with Gasteiger partial charge in [0.2, 0.25) is 0 Å². The second-order valence-electron chi connectivity index (χ2n) is 1.21.